The molecule has 2 aromatic carbocycles. The Morgan fingerprint density at radius 3 is 2.39 bits per heavy atom. The van der Waals surface area contributed by atoms with Gasteiger partial charge in [0, 0.05) is 44.5 Å². The predicted octanol–water partition coefficient (Wildman–Crippen LogP) is 4.60. The first-order valence-corrected chi connectivity index (χ1v) is 13.0. The minimum Gasteiger partial charge on any atom is -0.492 e. The molecule has 0 aliphatic carbocycles. The van der Waals surface area contributed by atoms with Crippen LogP contribution in [0.2, 0.25) is 0 Å². The van der Waals surface area contributed by atoms with E-state index >= 15 is 0 Å². The van der Waals surface area contributed by atoms with Gasteiger partial charge in [-0.05, 0) is 56.8 Å². The Morgan fingerprint density at radius 1 is 0.917 bits per heavy atom. The van der Waals surface area contributed by atoms with Crippen LogP contribution in [-0.4, -0.2) is 75.7 Å². The molecule has 7 heteroatoms. The number of likely N-dealkylation sites (N-methyl/N-ethyl adjacent to an activating group) is 1. The quantitative estimate of drug-likeness (QED) is 0.562. The largest absolute Gasteiger partial charge is 0.492 e. The number of carbonyl (C=O) groups excluding carboxylic acids is 2. The average molecular weight is 496 g/mol. The van der Waals surface area contributed by atoms with Crippen LogP contribution < -0.4 is 9.64 Å². The summed E-state index contributed by atoms with van der Waals surface area (Å²) < 4.78 is 11.0. The van der Waals surface area contributed by atoms with Crippen LogP contribution in [0.1, 0.15) is 54.4 Å². The van der Waals surface area contributed by atoms with Crippen LogP contribution in [0.4, 0.5) is 5.69 Å². The second kappa shape index (κ2) is 14.6. The Balaban J connectivity index is 1.86. The maximum atomic E-state index is 13.7. The van der Waals surface area contributed by atoms with Gasteiger partial charge in [-0.15, -0.1) is 0 Å². The molecule has 0 N–H and O–H groups in total. The fourth-order valence-corrected chi connectivity index (χ4v) is 4.47. The number of anilines is 1. The van der Waals surface area contributed by atoms with Gasteiger partial charge in [-0.3, -0.25) is 9.59 Å². The molecule has 0 radical (unpaired) electrons. The van der Waals surface area contributed by atoms with E-state index in [1.807, 2.05) is 72.4 Å². The minimum absolute atomic E-state index is 0.0208. The molecular formula is C29H41N3O4. The number of fused-ring (bicyclic) bond motifs is 1. The molecule has 1 heterocycles. The normalized spacial score (nSPS) is 15.4. The lowest BCUT2D eigenvalue weighted by Crippen LogP contribution is -2.37. The monoisotopic (exact) mass is 495 g/mol. The summed E-state index contributed by atoms with van der Waals surface area (Å²) in [6.07, 6.45) is 6.35. The second-order valence-electron chi connectivity index (χ2n) is 9.63. The first-order valence-electron chi connectivity index (χ1n) is 13.0. The Morgan fingerprint density at radius 2 is 1.64 bits per heavy atom. The molecule has 196 valence electrons. The van der Waals surface area contributed by atoms with Crippen LogP contribution in [0.3, 0.4) is 0 Å². The zero-order valence-electron chi connectivity index (χ0n) is 22.1. The van der Waals surface area contributed by atoms with Gasteiger partial charge in [-0.1, -0.05) is 49.9 Å². The van der Waals surface area contributed by atoms with E-state index in [0.717, 1.165) is 56.3 Å². The SMILES string of the molecule is COCC(=O)N1CCCCCCCCN(C(=O)c2cccc(OCCN(C)C)c2)Cc2ccccc21. The number of hydrogen-bond donors (Lipinski definition) is 0. The van der Waals surface area contributed by atoms with Crippen LogP contribution in [0.15, 0.2) is 48.5 Å². The third-order valence-electron chi connectivity index (χ3n) is 6.45. The Labute approximate surface area is 216 Å². The maximum Gasteiger partial charge on any atom is 0.254 e. The smallest absolute Gasteiger partial charge is 0.254 e. The molecule has 36 heavy (non-hydrogen) atoms. The summed E-state index contributed by atoms with van der Waals surface area (Å²) in [5.41, 5.74) is 2.44. The van der Waals surface area contributed by atoms with Gasteiger partial charge < -0.3 is 24.2 Å². The number of hydrogen-bond acceptors (Lipinski definition) is 5. The van der Waals surface area contributed by atoms with E-state index in [1.54, 1.807) is 7.11 Å². The summed E-state index contributed by atoms with van der Waals surface area (Å²) in [4.78, 5) is 32.5. The topological polar surface area (TPSA) is 62.3 Å². The molecule has 7 nitrogen and oxygen atoms in total. The van der Waals surface area contributed by atoms with Crippen molar-refractivity contribution in [3.8, 4) is 5.75 Å². The molecule has 0 unspecified atom stereocenters. The fraction of sp³-hybridized carbons (Fsp3) is 0.517. The van der Waals surface area contributed by atoms with Crippen molar-refractivity contribution < 1.29 is 19.1 Å². The molecule has 0 saturated heterocycles. The highest BCUT2D eigenvalue weighted by atomic mass is 16.5. The van der Waals surface area contributed by atoms with Crippen molar-refractivity contribution in [2.75, 3.05) is 59.0 Å². The van der Waals surface area contributed by atoms with Crippen LogP contribution in [0.5, 0.6) is 5.75 Å². The number of carbonyl (C=O) groups is 2. The van der Waals surface area contributed by atoms with Gasteiger partial charge in [0.05, 0.1) is 0 Å². The van der Waals surface area contributed by atoms with Crippen LogP contribution in [0, 0.1) is 0 Å². The van der Waals surface area contributed by atoms with Crippen molar-refractivity contribution in [2.45, 2.75) is 45.1 Å². The van der Waals surface area contributed by atoms with Crippen molar-refractivity contribution in [1.82, 2.24) is 9.80 Å². The van der Waals surface area contributed by atoms with E-state index < -0.39 is 0 Å². The summed E-state index contributed by atoms with van der Waals surface area (Å²) in [5.74, 6) is 0.623. The van der Waals surface area contributed by atoms with Crippen molar-refractivity contribution in [3.63, 3.8) is 0 Å². The van der Waals surface area contributed by atoms with E-state index in [-0.39, 0.29) is 18.4 Å². The number of amides is 2. The molecule has 0 bridgehead atoms. The minimum atomic E-state index is -0.0553. The van der Waals surface area contributed by atoms with Crippen LogP contribution >= 0.6 is 0 Å². The van der Waals surface area contributed by atoms with Crippen molar-refractivity contribution in [3.05, 3.63) is 59.7 Å². The summed E-state index contributed by atoms with van der Waals surface area (Å²) in [7, 11) is 5.55. The van der Waals surface area contributed by atoms with E-state index in [9.17, 15) is 9.59 Å². The summed E-state index contributed by atoms with van der Waals surface area (Å²) >= 11 is 0. The van der Waals surface area contributed by atoms with E-state index in [2.05, 4.69) is 4.90 Å². The third-order valence-corrected chi connectivity index (χ3v) is 6.45. The molecule has 2 amide bonds. The molecule has 0 spiro atoms. The lowest BCUT2D eigenvalue weighted by Gasteiger charge is -2.28. The molecule has 3 rings (SSSR count). The number of benzene rings is 2. The molecule has 0 saturated carbocycles. The number of ether oxygens (including phenoxy) is 2. The van der Waals surface area contributed by atoms with Crippen molar-refractivity contribution in [1.29, 1.82) is 0 Å². The third kappa shape index (κ3) is 8.35. The first kappa shape index (κ1) is 27.7. The van der Waals surface area contributed by atoms with Crippen LogP contribution in [0.25, 0.3) is 0 Å². The zero-order valence-corrected chi connectivity index (χ0v) is 22.1. The number of rotatable bonds is 7. The standard InChI is InChI=1S/C29H41N3O4/c1-30(2)19-20-36-26-15-12-14-24(21-26)29(34)31-17-10-6-4-5-7-11-18-32(28(33)23-35-3)27-16-9-8-13-25(27)22-31/h8-9,12-16,21H,4-7,10-11,17-20,22-23H2,1-3H3. The molecule has 0 fully saturated rings. The zero-order chi connectivity index (χ0) is 25.8. The average Bonchev–Trinajstić information content (AvgIpc) is 2.88. The maximum absolute atomic E-state index is 13.7. The lowest BCUT2D eigenvalue weighted by atomic mass is 10.1. The van der Waals surface area contributed by atoms with Gasteiger partial charge in [0.25, 0.3) is 11.8 Å². The first-order chi connectivity index (χ1) is 17.5. The van der Waals surface area contributed by atoms with Crippen LogP contribution in [-0.2, 0) is 16.1 Å². The van der Waals surface area contributed by atoms with E-state index in [0.29, 0.717) is 37.6 Å². The van der Waals surface area contributed by atoms with E-state index in [4.69, 9.17) is 9.47 Å². The highest BCUT2D eigenvalue weighted by Gasteiger charge is 2.22. The van der Waals surface area contributed by atoms with Gasteiger partial charge in [-0.2, -0.15) is 0 Å². The summed E-state index contributed by atoms with van der Waals surface area (Å²) in [6, 6.07) is 15.4. The molecule has 1 aliphatic rings. The van der Waals surface area contributed by atoms with Gasteiger partial charge in [-0.25, -0.2) is 0 Å². The molecule has 2 aromatic rings. The predicted molar refractivity (Wildman–Crippen MR) is 144 cm³/mol. The number of para-hydroxylation sites is 1. The van der Waals surface area contributed by atoms with Gasteiger partial charge >= 0.3 is 0 Å². The fourth-order valence-electron chi connectivity index (χ4n) is 4.47. The van der Waals surface area contributed by atoms with Crippen molar-refractivity contribution in [2.24, 2.45) is 0 Å². The molecular weight excluding hydrogens is 454 g/mol. The number of methoxy groups -OCH3 is 1. The Bertz CT molecular complexity index is 978. The molecule has 0 atom stereocenters. The molecule has 0 aromatic heterocycles. The van der Waals surface area contributed by atoms with Crippen molar-refractivity contribution >= 4 is 17.5 Å². The Kier molecular flexibility index (Phi) is 11.2. The number of nitrogens with zero attached hydrogens (tertiary/aromatic N) is 3. The lowest BCUT2D eigenvalue weighted by molar-refractivity contribution is -0.122. The Hall–Kier alpha value is -2.90. The van der Waals surface area contributed by atoms with E-state index in [1.165, 1.54) is 0 Å². The molecule has 1 aliphatic heterocycles. The van der Waals surface area contributed by atoms with Gasteiger partial charge in [0.15, 0.2) is 0 Å². The highest BCUT2D eigenvalue weighted by molar-refractivity contribution is 5.96. The van der Waals surface area contributed by atoms with Gasteiger partial charge in [0.2, 0.25) is 0 Å². The summed E-state index contributed by atoms with van der Waals surface area (Å²) in [6.45, 7) is 3.17. The second-order valence-corrected chi connectivity index (χ2v) is 9.63. The highest BCUT2D eigenvalue weighted by Crippen LogP contribution is 2.25. The van der Waals surface area contributed by atoms with Gasteiger partial charge in [0.1, 0.15) is 19.0 Å². The summed E-state index contributed by atoms with van der Waals surface area (Å²) in [5, 5.41) is 0.